The third kappa shape index (κ3) is 5.60. The van der Waals surface area contributed by atoms with E-state index in [1.165, 1.54) is 0 Å². The highest BCUT2D eigenvalue weighted by Gasteiger charge is 2.38. The van der Waals surface area contributed by atoms with Crippen molar-refractivity contribution >= 4 is 35.0 Å². The first kappa shape index (κ1) is 21.7. The number of piperidine rings is 1. The molecule has 164 valence electrons. The molecule has 2 aromatic carbocycles. The number of carbonyl (C=O) groups excluding carboxylic acids is 1. The highest BCUT2D eigenvalue weighted by molar-refractivity contribution is 7.80. The molecule has 0 aliphatic carbocycles. The lowest BCUT2D eigenvalue weighted by atomic mass is 10.0. The molecule has 2 heterocycles. The zero-order valence-electron chi connectivity index (χ0n) is 17.2. The highest BCUT2D eigenvalue weighted by Crippen LogP contribution is 2.23. The second-order valence-corrected chi connectivity index (χ2v) is 8.54. The van der Waals surface area contributed by atoms with E-state index >= 15 is 0 Å². The molecule has 2 saturated heterocycles. The smallest absolute Gasteiger partial charge is 0.410 e. The number of nitrogens with zero attached hydrogens (tertiary/aromatic N) is 2. The Hall–Kier alpha value is -2.51. The molecule has 1 amide bonds. The summed E-state index contributed by atoms with van der Waals surface area (Å²) in [6.45, 7) is 3.12. The summed E-state index contributed by atoms with van der Waals surface area (Å²) in [5.74, 6) is 0.781. The molecule has 0 bridgehead atoms. The predicted molar refractivity (Wildman–Crippen MR) is 124 cm³/mol. The molecule has 8 heteroatoms. The van der Waals surface area contributed by atoms with Crippen LogP contribution < -0.4 is 10.1 Å². The number of halogens is 1. The number of thiocarbonyl (C=S) groups is 1. The minimum absolute atomic E-state index is 0.164. The van der Waals surface area contributed by atoms with Crippen molar-refractivity contribution in [1.29, 1.82) is 0 Å². The molecule has 0 aromatic heterocycles. The Morgan fingerprint density at radius 3 is 2.58 bits per heavy atom. The number of hydrogen-bond donors (Lipinski definition) is 1. The van der Waals surface area contributed by atoms with E-state index in [0.29, 0.717) is 19.7 Å². The number of amides is 1. The third-order valence-corrected chi connectivity index (χ3v) is 6.43. The van der Waals surface area contributed by atoms with Crippen LogP contribution in [0.2, 0.25) is 5.02 Å². The average molecular weight is 460 g/mol. The molecule has 6 nitrogen and oxygen atoms in total. The normalized spacial score (nSPS) is 19.3. The van der Waals surface area contributed by atoms with Crippen LogP contribution in [0.1, 0.15) is 18.4 Å². The Labute approximate surface area is 193 Å². The second kappa shape index (κ2) is 10.2. The molecule has 0 saturated carbocycles. The van der Waals surface area contributed by atoms with Crippen molar-refractivity contribution in [3.63, 3.8) is 0 Å². The topological polar surface area (TPSA) is 54.0 Å². The van der Waals surface area contributed by atoms with E-state index in [1.54, 1.807) is 0 Å². The van der Waals surface area contributed by atoms with Crippen LogP contribution in [-0.4, -0.2) is 59.4 Å². The lowest BCUT2D eigenvalue weighted by molar-refractivity contribution is 0.0997. The summed E-state index contributed by atoms with van der Waals surface area (Å²) >= 11 is 11.8. The fourth-order valence-corrected chi connectivity index (χ4v) is 4.39. The minimum atomic E-state index is -0.250. The van der Waals surface area contributed by atoms with Crippen molar-refractivity contribution in [3.05, 3.63) is 65.2 Å². The first-order valence-electron chi connectivity index (χ1n) is 10.5. The van der Waals surface area contributed by atoms with E-state index in [9.17, 15) is 4.79 Å². The lowest BCUT2D eigenvalue weighted by Crippen LogP contribution is -2.49. The van der Waals surface area contributed by atoms with E-state index in [2.05, 4.69) is 10.2 Å². The van der Waals surface area contributed by atoms with E-state index in [1.807, 2.05) is 59.5 Å². The lowest BCUT2D eigenvalue weighted by Gasteiger charge is -2.37. The predicted octanol–water partition coefficient (Wildman–Crippen LogP) is 4.08. The van der Waals surface area contributed by atoms with Gasteiger partial charge in [0, 0.05) is 30.7 Å². The van der Waals surface area contributed by atoms with Crippen molar-refractivity contribution in [2.45, 2.75) is 31.5 Å². The Bertz CT molecular complexity index is 906. The Morgan fingerprint density at radius 2 is 1.84 bits per heavy atom. The molecule has 0 spiro atoms. The van der Waals surface area contributed by atoms with Crippen molar-refractivity contribution in [2.75, 3.05) is 26.2 Å². The highest BCUT2D eigenvalue weighted by atomic mass is 35.5. The van der Waals surface area contributed by atoms with Gasteiger partial charge in [-0.3, -0.25) is 0 Å². The Morgan fingerprint density at radius 1 is 1.13 bits per heavy atom. The van der Waals surface area contributed by atoms with Crippen LogP contribution in [0.25, 0.3) is 0 Å². The number of nitrogens with one attached hydrogen (secondary N) is 1. The quantitative estimate of drug-likeness (QED) is 0.657. The molecule has 1 N–H and O–H groups in total. The molecule has 31 heavy (non-hydrogen) atoms. The molecular weight excluding hydrogens is 434 g/mol. The van der Waals surface area contributed by atoms with Crippen LogP contribution in [0, 0.1) is 0 Å². The summed E-state index contributed by atoms with van der Waals surface area (Å²) in [5.41, 5.74) is 1.02. The fraction of sp³-hybridized carbons (Fsp3) is 0.391. The van der Waals surface area contributed by atoms with Crippen LogP contribution in [-0.2, 0) is 11.3 Å². The number of ether oxygens (including phenoxy) is 2. The maximum Gasteiger partial charge on any atom is 0.410 e. The van der Waals surface area contributed by atoms with Crippen molar-refractivity contribution < 1.29 is 14.3 Å². The summed E-state index contributed by atoms with van der Waals surface area (Å²) in [6, 6.07) is 17.5. The SMILES string of the molecule is O=C1OC(COc2ccccc2)CN1C1CCN(C(=S)NCc2ccccc2Cl)CC1. The second-order valence-electron chi connectivity index (χ2n) is 7.75. The van der Waals surface area contributed by atoms with Crippen molar-refractivity contribution in [3.8, 4) is 5.75 Å². The van der Waals surface area contributed by atoms with Gasteiger partial charge in [0.2, 0.25) is 0 Å². The molecule has 2 aliphatic rings. The minimum Gasteiger partial charge on any atom is -0.490 e. The van der Waals surface area contributed by atoms with Gasteiger partial charge in [-0.25, -0.2) is 4.79 Å². The summed E-state index contributed by atoms with van der Waals surface area (Å²) in [7, 11) is 0. The summed E-state index contributed by atoms with van der Waals surface area (Å²) in [5, 5.41) is 4.74. The van der Waals surface area contributed by atoms with Crippen LogP contribution in [0.3, 0.4) is 0 Å². The van der Waals surface area contributed by atoms with Gasteiger partial charge < -0.3 is 24.6 Å². The maximum absolute atomic E-state index is 12.4. The van der Waals surface area contributed by atoms with Gasteiger partial charge >= 0.3 is 6.09 Å². The largest absolute Gasteiger partial charge is 0.490 e. The van der Waals surface area contributed by atoms with Gasteiger partial charge in [0.1, 0.15) is 12.4 Å². The first-order chi connectivity index (χ1) is 15.1. The number of rotatable bonds is 6. The van der Waals surface area contributed by atoms with Gasteiger partial charge in [-0.15, -0.1) is 0 Å². The van der Waals surface area contributed by atoms with Crippen molar-refractivity contribution in [1.82, 2.24) is 15.1 Å². The zero-order chi connectivity index (χ0) is 21.6. The number of cyclic esters (lactones) is 1. The Balaban J connectivity index is 1.21. The number of hydrogen-bond acceptors (Lipinski definition) is 4. The van der Waals surface area contributed by atoms with Gasteiger partial charge in [-0.05, 0) is 48.8 Å². The molecule has 1 unspecified atom stereocenters. The van der Waals surface area contributed by atoms with Gasteiger partial charge in [0.15, 0.2) is 11.2 Å². The van der Waals surface area contributed by atoms with Crippen LogP contribution in [0.5, 0.6) is 5.75 Å². The zero-order valence-corrected chi connectivity index (χ0v) is 18.8. The maximum atomic E-state index is 12.4. The van der Waals surface area contributed by atoms with Gasteiger partial charge in [-0.1, -0.05) is 48.0 Å². The van der Waals surface area contributed by atoms with Gasteiger partial charge in [0.25, 0.3) is 0 Å². The van der Waals surface area contributed by atoms with Crippen LogP contribution >= 0.6 is 23.8 Å². The average Bonchev–Trinajstić information content (AvgIpc) is 3.18. The number of benzene rings is 2. The summed E-state index contributed by atoms with van der Waals surface area (Å²) < 4.78 is 11.3. The summed E-state index contributed by atoms with van der Waals surface area (Å²) in [4.78, 5) is 16.4. The molecule has 4 rings (SSSR count). The van der Waals surface area contributed by atoms with Crippen LogP contribution in [0.15, 0.2) is 54.6 Å². The third-order valence-electron chi connectivity index (χ3n) is 5.66. The van der Waals surface area contributed by atoms with E-state index in [-0.39, 0.29) is 18.2 Å². The number of likely N-dealkylation sites (tertiary alicyclic amines) is 1. The fourth-order valence-electron chi connectivity index (χ4n) is 3.94. The van der Waals surface area contributed by atoms with E-state index in [0.717, 1.165) is 47.4 Å². The van der Waals surface area contributed by atoms with Crippen molar-refractivity contribution in [2.24, 2.45) is 0 Å². The number of carbonyl (C=O) groups is 1. The molecular formula is C23H26ClN3O3S. The molecule has 2 fully saturated rings. The standard InChI is InChI=1S/C23H26ClN3O3S/c24-21-9-5-4-6-17(21)14-25-22(31)26-12-10-18(11-13-26)27-15-20(30-23(27)28)16-29-19-7-2-1-3-8-19/h1-9,18,20H,10-16H2,(H,25,31). The summed E-state index contributed by atoms with van der Waals surface area (Å²) in [6.07, 6.45) is 1.22. The monoisotopic (exact) mass is 459 g/mol. The first-order valence-corrected chi connectivity index (χ1v) is 11.3. The van der Waals surface area contributed by atoms with Gasteiger partial charge in [0.05, 0.1) is 6.54 Å². The molecule has 1 atom stereocenters. The van der Waals surface area contributed by atoms with Gasteiger partial charge in [-0.2, -0.15) is 0 Å². The molecule has 2 aliphatic heterocycles. The van der Waals surface area contributed by atoms with E-state index in [4.69, 9.17) is 33.3 Å². The Kier molecular flexibility index (Phi) is 7.14. The van der Waals surface area contributed by atoms with E-state index < -0.39 is 0 Å². The number of para-hydroxylation sites is 1. The molecule has 2 aromatic rings. The molecule has 0 radical (unpaired) electrons. The van der Waals surface area contributed by atoms with Crippen LogP contribution in [0.4, 0.5) is 4.79 Å².